The summed E-state index contributed by atoms with van der Waals surface area (Å²) in [5, 5.41) is 10.1. The first kappa shape index (κ1) is 14.6. The SMILES string of the molecule is CC(C)C1CCC(OC(=O)N2CCCCC2)CC1O. The number of aliphatic hydroxyl groups is 1. The number of ether oxygens (including phenoxy) is 1. The Balaban J connectivity index is 1.79. The standard InChI is InChI=1S/C15H27NO3/c1-11(2)13-7-6-12(10-14(13)17)19-15(18)16-8-4-3-5-9-16/h11-14,17H,3-10H2,1-2H3. The molecule has 1 saturated heterocycles. The Kier molecular flexibility index (Phi) is 5.08. The highest BCUT2D eigenvalue weighted by molar-refractivity contribution is 5.67. The number of hydrogen-bond acceptors (Lipinski definition) is 3. The fraction of sp³-hybridized carbons (Fsp3) is 0.933. The van der Waals surface area contributed by atoms with Crippen LogP contribution in [0, 0.1) is 11.8 Å². The number of amides is 1. The minimum atomic E-state index is -0.326. The molecule has 3 unspecified atom stereocenters. The minimum absolute atomic E-state index is 0.0978. The van der Waals surface area contributed by atoms with E-state index >= 15 is 0 Å². The van der Waals surface area contributed by atoms with Gasteiger partial charge < -0.3 is 14.7 Å². The summed E-state index contributed by atoms with van der Waals surface area (Å²) in [5.74, 6) is 0.846. The molecule has 1 aliphatic heterocycles. The Morgan fingerprint density at radius 3 is 2.47 bits per heavy atom. The molecular formula is C15H27NO3. The van der Waals surface area contributed by atoms with Crippen molar-refractivity contribution in [2.24, 2.45) is 11.8 Å². The van der Waals surface area contributed by atoms with Crippen molar-refractivity contribution in [2.45, 2.75) is 64.6 Å². The van der Waals surface area contributed by atoms with Gasteiger partial charge in [-0.2, -0.15) is 0 Å². The van der Waals surface area contributed by atoms with Gasteiger partial charge in [-0.05, 0) is 43.9 Å². The van der Waals surface area contributed by atoms with Gasteiger partial charge in [0.2, 0.25) is 0 Å². The van der Waals surface area contributed by atoms with Gasteiger partial charge in [-0.15, -0.1) is 0 Å². The van der Waals surface area contributed by atoms with Gasteiger partial charge in [0.1, 0.15) is 6.10 Å². The first-order valence-electron chi connectivity index (χ1n) is 7.71. The highest BCUT2D eigenvalue weighted by Crippen LogP contribution is 2.32. The van der Waals surface area contributed by atoms with Gasteiger partial charge in [-0.3, -0.25) is 0 Å². The number of nitrogens with zero attached hydrogens (tertiary/aromatic N) is 1. The fourth-order valence-electron chi connectivity index (χ4n) is 3.31. The summed E-state index contributed by atoms with van der Waals surface area (Å²) < 4.78 is 5.56. The molecule has 1 amide bonds. The Morgan fingerprint density at radius 2 is 1.89 bits per heavy atom. The molecule has 2 rings (SSSR count). The van der Waals surface area contributed by atoms with Crippen LogP contribution in [0.25, 0.3) is 0 Å². The predicted molar refractivity (Wildman–Crippen MR) is 73.9 cm³/mol. The number of carbonyl (C=O) groups excluding carboxylic acids is 1. The van der Waals surface area contributed by atoms with Crippen molar-refractivity contribution in [3.05, 3.63) is 0 Å². The van der Waals surface area contributed by atoms with Crippen LogP contribution in [0.4, 0.5) is 4.79 Å². The van der Waals surface area contributed by atoms with Crippen LogP contribution in [0.1, 0.15) is 52.4 Å². The first-order chi connectivity index (χ1) is 9.08. The summed E-state index contributed by atoms with van der Waals surface area (Å²) in [6.07, 6.45) is 5.21. The molecule has 4 nitrogen and oxygen atoms in total. The zero-order valence-corrected chi connectivity index (χ0v) is 12.2. The summed E-state index contributed by atoms with van der Waals surface area (Å²) in [7, 11) is 0. The van der Waals surface area contributed by atoms with E-state index in [1.54, 1.807) is 0 Å². The lowest BCUT2D eigenvalue weighted by atomic mass is 9.78. The van der Waals surface area contributed by atoms with Crippen LogP contribution in [-0.4, -0.2) is 41.4 Å². The molecule has 0 aromatic carbocycles. The third kappa shape index (κ3) is 3.85. The van der Waals surface area contributed by atoms with Crippen LogP contribution in [0.15, 0.2) is 0 Å². The van der Waals surface area contributed by atoms with Crippen molar-refractivity contribution in [3.8, 4) is 0 Å². The fourth-order valence-corrected chi connectivity index (χ4v) is 3.31. The van der Waals surface area contributed by atoms with E-state index in [2.05, 4.69) is 13.8 Å². The average Bonchev–Trinajstić information content (AvgIpc) is 2.39. The van der Waals surface area contributed by atoms with E-state index in [0.717, 1.165) is 38.8 Å². The van der Waals surface area contributed by atoms with Gasteiger partial charge in [0.15, 0.2) is 0 Å². The summed E-state index contributed by atoms with van der Waals surface area (Å²) in [5.41, 5.74) is 0. The first-order valence-corrected chi connectivity index (χ1v) is 7.71. The molecule has 0 aromatic rings. The quantitative estimate of drug-likeness (QED) is 0.838. The van der Waals surface area contributed by atoms with E-state index in [1.807, 2.05) is 4.90 Å². The molecule has 3 atom stereocenters. The molecule has 2 fully saturated rings. The molecule has 19 heavy (non-hydrogen) atoms. The maximum atomic E-state index is 12.0. The van der Waals surface area contributed by atoms with Crippen LogP contribution in [0.2, 0.25) is 0 Å². The maximum Gasteiger partial charge on any atom is 0.410 e. The molecule has 0 spiro atoms. The van der Waals surface area contributed by atoms with Gasteiger partial charge in [0.05, 0.1) is 6.10 Å². The average molecular weight is 269 g/mol. The summed E-state index contributed by atoms with van der Waals surface area (Å²) in [4.78, 5) is 13.8. The van der Waals surface area contributed by atoms with Crippen molar-refractivity contribution in [2.75, 3.05) is 13.1 Å². The molecule has 110 valence electrons. The van der Waals surface area contributed by atoms with Crippen molar-refractivity contribution in [1.29, 1.82) is 0 Å². The lowest BCUT2D eigenvalue weighted by Crippen LogP contribution is -2.41. The zero-order chi connectivity index (χ0) is 13.8. The number of aliphatic hydroxyl groups excluding tert-OH is 1. The molecule has 0 radical (unpaired) electrons. The van der Waals surface area contributed by atoms with E-state index in [-0.39, 0.29) is 18.3 Å². The largest absolute Gasteiger partial charge is 0.446 e. The highest BCUT2D eigenvalue weighted by atomic mass is 16.6. The van der Waals surface area contributed by atoms with Crippen molar-refractivity contribution in [3.63, 3.8) is 0 Å². The van der Waals surface area contributed by atoms with Gasteiger partial charge in [0, 0.05) is 19.5 Å². The van der Waals surface area contributed by atoms with Crippen LogP contribution >= 0.6 is 0 Å². The number of carbonyl (C=O) groups is 1. The minimum Gasteiger partial charge on any atom is -0.446 e. The summed E-state index contributed by atoms with van der Waals surface area (Å²) in [6.45, 7) is 5.94. The molecule has 1 N–H and O–H groups in total. The summed E-state index contributed by atoms with van der Waals surface area (Å²) in [6, 6.07) is 0. The lowest BCUT2D eigenvalue weighted by Gasteiger charge is -2.36. The highest BCUT2D eigenvalue weighted by Gasteiger charge is 2.33. The smallest absolute Gasteiger partial charge is 0.410 e. The van der Waals surface area contributed by atoms with E-state index < -0.39 is 0 Å². The Bertz CT molecular complexity index is 300. The van der Waals surface area contributed by atoms with Gasteiger partial charge >= 0.3 is 6.09 Å². The van der Waals surface area contributed by atoms with Crippen molar-refractivity contribution < 1.29 is 14.6 Å². The Hall–Kier alpha value is -0.770. The van der Waals surface area contributed by atoms with Gasteiger partial charge in [-0.1, -0.05) is 13.8 Å². The molecule has 0 aromatic heterocycles. The molecular weight excluding hydrogens is 242 g/mol. The second-order valence-corrected chi connectivity index (χ2v) is 6.34. The van der Waals surface area contributed by atoms with Crippen LogP contribution in [0.5, 0.6) is 0 Å². The third-order valence-electron chi connectivity index (χ3n) is 4.56. The Labute approximate surface area is 116 Å². The Morgan fingerprint density at radius 1 is 1.21 bits per heavy atom. The number of hydrogen-bond donors (Lipinski definition) is 1. The molecule has 1 saturated carbocycles. The molecule has 1 heterocycles. The van der Waals surface area contributed by atoms with Crippen LogP contribution in [0.3, 0.4) is 0 Å². The van der Waals surface area contributed by atoms with Gasteiger partial charge in [0.25, 0.3) is 0 Å². The summed E-state index contributed by atoms with van der Waals surface area (Å²) >= 11 is 0. The van der Waals surface area contributed by atoms with Crippen molar-refractivity contribution in [1.82, 2.24) is 4.90 Å². The number of piperidine rings is 1. The van der Waals surface area contributed by atoms with E-state index in [4.69, 9.17) is 4.74 Å². The van der Waals surface area contributed by atoms with E-state index in [1.165, 1.54) is 6.42 Å². The predicted octanol–water partition coefficient (Wildman–Crippen LogP) is 2.79. The normalized spacial score (nSPS) is 32.4. The molecule has 1 aliphatic carbocycles. The molecule has 4 heteroatoms. The number of rotatable bonds is 2. The molecule has 0 bridgehead atoms. The monoisotopic (exact) mass is 269 g/mol. The molecule has 2 aliphatic rings. The maximum absolute atomic E-state index is 12.0. The third-order valence-corrected chi connectivity index (χ3v) is 4.56. The lowest BCUT2D eigenvalue weighted by molar-refractivity contribution is -0.0307. The second kappa shape index (κ2) is 6.60. The van der Waals surface area contributed by atoms with Gasteiger partial charge in [-0.25, -0.2) is 4.79 Å². The zero-order valence-electron chi connectivity index (χ0n) is 12.2. The number of likely N-dealkylation sites (tertiary alicyclic amines) is 1. The van der Waals surface area contributed by atoms with Crippen molar-refractivity contribution >= 4 is 6.09 Å². The van der Waals surface area contributed by atoms with E-state index in [9.17, 15) is 9.90 Å². The second-order valence-electron chi connectivity index (χ2n) is 6.34. The van der Waals surface area contributed by atoms with Crippen LogP contribution in [-0.2, 0) is 4.74 Å². The van der Waals surface area contributed by atoms with E-state index in [0.29, 0.717) is 18.3 Å². The van der Waals surface area contributed by atoms with Crippen LogP contribution < -0.4 is 0 Å². The topological polar surface area (TPSA) is 49.8 Å².